The zero-order chi connectivity index (χ0) is 8.84. The van der Waals surface area contributed by atoms with Crippen LogP contribution in [0, 0.1) is 0 Å². The summed E-state index contributed by atoms with van der Waals surface area (Å²) < 4.78 is 0. The predicted molar refractivity (Wildman–Crippen MR) is 51.8 cm³/mol. The highest BCUT2D eigenvalue weighted by atomic mass is 16.3. The molecule has 2 nitrogen and oxygen atoms in total. The Morgan fingerprint density at radius 1 is 1.31 bits per heavy atom. The summed E-state index contributed by atoms with van der Waals surface area (Å²) in [4.78, 5) is 2.12. The topological polar surface area (TPSA) is 23.5 Å². The van der Waals surface area contributed by atoms with Crippen LogP contribution in [0.1, 0.15) is 24.3 Å². The van der Waals surface area contributed by atoms with E-state index in [2.05, 4.69) is 23.1 Å². The first-order valence-corrected chi connectivity index (χ1v) is 4.90. The van der Waals surface area contributed by atoms with Crippen molar-refractivity contribution in [2.24, 2.45) is 0 Å². The second-order valence-electron chi connectivity index (χ2n) is 3.95. The summed E-state index contributed by atoms with van der Waals surface area (Å²) in [7, 11) is 0. The predicted octanol–water partition coefficient (Wildman–Crippen LogP) is 1.70. The molecule has 0 amide bonds. The van der Waals surface area contributed by atoms with Gasteiger partial charge in [-0.15, -0.1) is 0 Å². The molecule has 2 atom stereocenters. The van der Waals surface area contributed by atoms with Crippen molar-refractivity contribution >= 4 is 5.69 Å². The highest BCUT2D eigenvalue weighted by Crippen LogP contribution is 2.43. The molecule has 3 aliphatic rings. The average molecular weight is 175 g/mol. The molecule has 1 fully saturated rings. The first kappa shape index (κ1) is 7.39. The zero-order valence-electron chi connectivity index (χ0n) is 7.48. The Morgan fingerprint density at radius 2 is 2.15 bits per heavy atom. The summed E-state index contributed by atoms with van der Waals surface area (Å²) in [5.41, 5.74) is 2.68. The molecule has 0 saturated carbocycles. The van der Waals surface area contributed by atoms with Crippen LogP contribution in [0.25, 0.3) is 0 Å². The third-order valence-corrected chi connectivity index (χ3v) is 3.26. The van der Waals surface area contributed by atoms with Crippen LogP contribution in [-0.4, -0.2) is 17.9 Å². The number of nitrogens with zero attached hydrogens (tertiary/aromatic N) is 1. The maximum Gasteiger partial charge on any atom is 0.127 e. The van der Waals surface area contributed by atoms with E-state index < -0.39 is 0 Å². The monoisotopic (exact) mass is 175 g/mol. The second-order valence-corrected chi connectivity index (χ2v) is 3.95. The van der Waals surface area contributed by atoms with Gasteiger partial charge in [-0.1, -0.05) is 18.2 Å². The van der Waals surface area contributed by atoms with Gasteiger partial charge in [-0.05, 0) is 30.4 Å². The molecule has 0 aromatic heterocycles. The summed E-state index contributed by atoms with van der Waals surface area (Å²) >= 11 is 0. The van der Waals surface area contributed by atoms with Crippen molar-refractivity contribution in [2.45, 2.75) is 25.0 Å². The van der Waals surface area contributed by atoms with Crippen molar-refractivity contribution < 1.29 is 5.11 Å². The van der Waals surface area contributed by atoms with Gasteiger partial charge in [-0.2, -0.15) is 0 Å². The lowest BCUT2D eigenvalue weighted by atomic mass is 9.82. The molecule has 1 aromatic rings. The van der Waals surface area contributed by atoms with Crippen molar-refractivity contribution in [3.8, 4) is 0 Å². The number of para-hydroxylation sites is 1. The lowest BCUT2D eigenvalue weighted by molar-refractivity contribution is 0.121. The van der Waals surface area contributed by atoms with Crippen molar-refractivity contribution in [3.63, 3.8) is 0 Å². The minimum atomic E-state index is -0.242. The molecule has 2 unspecified atom stereocenters. The number of hydrogen-bond acceptors (Lipinski definition) is 2. The molecule has 3 heterocycles. The van der Waals surface area contributed by atoms with E-state index >= 15 is 0 Å². The Hall–Kier alpha value is -1.02. The minimum absolute atomic E-state index is 0.242. The Labute approximate surface area is 77.8 Å². The summed E-state index contributed by atoms with van der Waals surface area (Å²) in [6, 6.07) is 8.45. The van der Waals surface area contributed by atoms with Crippen LogP contribution < -0.4 is 4.90 Å². The Morgan fingerprint density at radius 3 is 3.00 bits per heavy atom. The molecule has 13 heavy (non-hydrogen) atoms. The SMILES string of the molecule is OC1CC2CCN1c1ccccc12. The van der Waals surface area contributed by atoms with Gasteiger partial charge in [0.2, 0.25) is 0 Å². The number of anilines is 1. The Balaban J connectivity index is 2.16. The lowest BCUT2D eigenvalue weighted by Crippen LogP contribution is -2.46. The third kappa shape index (κ3) is 0.923. The van der Waals surface area contributed by atoms with E-state index in [1.54, 1.807) is 0 Å². The Bertz CT molecular complexity index is 337. The van der Waals surface area contributed by atoms with E-state index in [-0.39, 0.29) is 6.23 Å². The van der Waals surface area contributed by atoms with Crippen molar-refractivity contribution in [1.82, 2.24) is 0 Å². The van der Waals surface area contributed by atoms with Gasteiger partial charge in [0.1, 0.15) is 6.23 Å². The maximum absolute atomic E-state index is 9.77. The molecule has 2 heteroatoms. The fourth-order valence-corrected chi connectivity index (χ4v) is 2.60. The molecule has 1 N–H and O–H groups in total. The van der Waals surface area contributed by atoms with E-state index in [9.17, 15) is 5.11 Å². The van der Waals surface area contributed by atoms with E-state index in [4.69, 9.17) is 0 Å². The van der Waals surface area contributed by atoms with Gasteiger partial charge < -0.3 is 10.0 Å². The van der Waals surface area contributed by atoms with Gasteiger partial charge in [0.05, 0.1) is 0 Å². The average Bonchev–Trinajstić information content (AvgIpc) is 2.19. The van der Waals surface area contributed by atoms with Crippen LogP contribution in [0.3, 0.4) is 0 Å². The van der Waals surface area contributed by atoms with Crippen LogP contribution in [0.15, 0.2) is 24.3 Å². The fourth-order valence-electron chi connectivity index (χ4n) is 2.60. The molecule has 3 aliphatic heterocycles. The number of fused-ring (bicyclic) bond motifs is 2. The van der Waals surface area contributed by atoms with Gasteiger partial charge in [0.25, 0.3) is 0 Å². The number of benzene rings is 1. The molecule has 4 rings (SSSR count). The summed E-state index contributed by atoms with van der Waals surface area (Å²) in [6.07, 6.45) is 1.87. The highest BCUT2D eigenvalue weighted by Gasteiger charge is 2.35. The van der Waals surface area contributed by atoms with Crippen molar-refractivity contribution in [1.29, 1.82) is 0 Å². The zero-order valence-corrected chi connectivity index (χ0v) is 7.48. The molecule has 2 bridgehead atoms. The second kappa shape index (κ2) is 2.48. The maximum atomic E-state index is 9.77. The third-order valence-electron chi connectivity index (χ3n) is 3.26. The molecular formula is C11H13NO. The van der Waals surface area contributed by atoms with E-state index in [1.807, 2.05) is 6.07 Å². The molecule has 0 spiro atoms. The van der Waals surface area contributed by atoms with Gasteiger partial charge in [-0.25, -0.2) is 0 Å². The first-order chi connectivity index (χ1) is 6.36. The molecule has 0 aliphatic carbocycles. The number of piperidine rings is 1. The van der Waals surface area contributed by atoms with E-state index in [0.717, 1.165) is 13.0 Å². The number of hydrogen-bond donors (Lipinski definition) is 1. The fraction of sp³-hybridized carbons (Fsp3) is 0.455. The van der Waals surface area contributed by atoms with Crippen LogP contribution in [0.5, 0.6) is 0 Å². The van der Waals surface area contributed by atoms with E-state index in [1.165, 1.54) is 17.7 Å². The van der Waals surface area contributed by atoms with Gasteiger partial charge in [-0.3, -0.25) is 0 Å². The summed E-state index contributed by atoms with van der Waals surface area (Å²) in [5, 5.41) is 9.77. The Kier molecular flexibility index (Phi) is 1.41. The smallest absolute Gasteiger partial charge is 0.127 e. The van der Waals surface area contributed by atoms with Crippen LogP contribution in [-0.2, 0) is 0 Å². The molecule has 0 radical (unpaired) electrons. The number of aliphatic hydroxyl groups excluding tert-OH is 1. The van der Waals surface area contributed by atoms with Gasteiger partial charge >= 0.3 is 0 Å². The van der Waals surface area contributed by atoms with E-state index in [0.29, 0.717) is 5.92 Å². The number of rotatable bonds is 0. The molecule has 1 saturated heterocycles. The van der Waals surface area contributed by atoms with Crippen LogP contribution in [0.4, 0.5) is 5.69 Å². The number of aliphatic hydroxyl groups is 1. The molecule has 68 valence electrons. The largest absolute Gasteiger partial charge is 0.374 e. The van der Waals surface area contributed by atoms with Gasteiger partial charge in [0, 0.05) is 12.2 Å². The highest BCUT2D eigenvalue weighted by molar-refractivity contribution is 5.59. The molecular weight excluding hydrogens is 162 g/mol. The minimum Gasteiger partial charge on any atom is -0.374 e. The van der Waals surface area contributed by atoms with Crippen LogP contribution in [0.2, 0.25) is 0 Å². The van der Waals surface area contributed by atoms with Crippen LogP contribution >= 0.6 is 0 Å². The van der Waals surface area contributed by atoms with Crippen molar-refractivity contribution in [3.05, 3.63) is 29.8 Å². The summed E-state index contributed by atoms with van der Waals surface area (Å²) in [5.74, 6) is 0.594. The lowest BCUT2D eigenvalue weighted by Gasteiger charge is -2.45. The molecule has 1 aromatic carbocycles. The normalized spacial score (nSPS) is 30.4. The van der Waals surface area contributed by atoms with Crippen molar-refractivity contribution in [2.75, 3.05) is 11.4 Å². The van der Waals surface area contributed by atoms with Gasteiger partial charge in [0.15, 0.2) is 0 Å². The quantitative estimate of drug-likeness (QED) is 0.648. The summed E-state index contributed by atoms with van der Waals surface area (Å²) in [6.45, 7) is 1.02. The first-order valence-electron chi connectivity index (χ1n) is 4.90. The standard InChI is InChI=1S/C11H13NO/c13-11-7-8-5-6-12(11)10-4-2-1-3-9(8)10/h1-4,8,11,13H,5-7H2.